The van der Waals surface area contributed by atoms with Crippen LogP contribution in [0.15, 0.2) is 36.4 Å². The summed E-state index contributed by atoms with van der Waals surface area (Å²) in [7, 11) is 3.12. The van der Waals surface area contributed by atoms with Crippen molar-refractivity contribution < 1.29 is 18.7 Å². The third-order valence-corrected chi connectivity index (χ3v) is 4.78. The quantitative estimate of drug-likeness (QED) is 0.588. The van der Waals surface area contributed by atoms with Crippen LogP contribution in [0.1, 0.15) is 18.3 Å². The topological polar surface area (TPSA) is 78.3 Å². The molecule has 0 aliphatic rings. The van der Waals surface area contributed by atoms with Crippen LogP contribution in [0.25, 0.3) is 11.4 Å². The summed E-state index contributed by atoms with van der Waals surface area (Å²) in [5, 5.41) is 7.25. The second-order valence-corrected chi connectivity index (χ2v) is 6.86. The van der Waals surface area contributed by atoms with E-state index in [-0.39, 0.29) is 17.5 Å². The number of hydrogen-bond donors (Lipinski definition) is 1. The molecule has 0 spiro atoms. The van der Waals surface area contributed by atoms with E-state index in [9.17, 15) is 9.18 Å². The van der Waals surface area contributed by atoms with Crippen LogP contribution in [0.2, 0.25) is 5.02 Å². The molecule has 3 rings (SSSR count). The molecule has 0 bridgehead atoms. The Kier molecular flexibility index (Phi) is 6.89. The number of benzene rings is 2. The summed E-state index contributed by atoms with van der Waals surface area (Å²) in [6, 6.07) is 9.81. The van der Waals surface area contributed by atoms with Gasteiger partial charge in [-0.05, 0) is 35.9 Å². The number of hydrogen-bond acceptors (Lipinski definition) is 5. The second kappa shape index (κ2) is 9.58. The monoisotopic (exact) mass is 432 g/mol. The Bertz CT molecular complexity index is 1050. The van der Waals surface area contributed by atoms with Gasteiger partial charge in [-0.3, -0.25) is 4.79 Å². The normalized spacial score (nSPS) is 10.7. The van der Waals surface area contributed by atoms with Crippen LogP contribution in [-0.4, -0.2) is 34.9 Å². The minimum absolute atomic E-state index is 0.000461. The van der Waals surface area contributed by atoms with Gasteiger partial charge in [0.15, 0.2) is 17.3 Å². The van der Waals surface area contributed by atoms with E-state index in [0.717, 1.165) is 5.56 Å². The van der Waals surface area contributed by atoms with Crippen LogP contribution in [0.3, 0.4) is 0 Å². The lowest BCUT2D eigenvalue weighted by Gasteiger charge is -2.10. The van der Waals surface area contributed by atoms with E-state index in [1.54, 1.807) is 32.4 Å². The molecule has 0 aliphatic heterocycles. The van der Waals surface area contributed by atoms with Crippen LogP contribution in [0, 0.1) is 5.82 Å². The molecule has 7 nitrogen and oxygen atoms in total. The molecule has 1 heterocycles. The Morgan fingerprint density at radius 2 is 1.93 bits per heavy atom. The number of methoxy groups -OCH3 is 2. The number of nitrogens with zero attached hydrogens (tertiary/aromatic N) is 3. The first-order valence-electron chi connectivity index (χ1n) is 9.31. The smallest absolute Gasteiger partial charge is 0.242 e. The highest BCUT2D eigenvalue weighted by molar-refractivity contribution is 6.30. The number of halogens is 2. The Morgan fingerprint density at radius 3 is 2.60 bits per heavy atom. The molecular weight excluding hydrogens is 411 g/mol. The Labute approximate surface area is 178 Å². The van der Waals surface area contributed by atoms with Gasteiger partial charge >= 0.3 is 0 Å². The number of aryl methyl sites for hydroxylation is 1. The standard InChI is InChI=1S/C21H22ClFN4O3/c1-4-19-25-21(14-6-7-15(22)16(23)10-14)26-27(19)12-20(28)24-11-13-5-8-17(29-2)18(9-13)30-3/h5-10H,4,11-12H2,1-3H3,(H,24,28). The van der Waals surface area contributed by atoms with Gasteiger partial charge in [0.05, 0.1) is 19.2 Å². The fraction of sp³-hybridized carbons (Fsp3) is 0.286. The maximum absolute atomic E-state index is 13.8. The van der Waals surface area contributed by atoms with Gasteiger partial charge in [0.2, 0.25) is 5.91 Å². The average molecular weight is 433 g/mol. The van der Waals surface area contributed by atoms with E-state index in [0.29, 0.717) is 41.7 Å². The largest absolute Gasteiger partial charge is 0.493 e. The zero-order chi connectivity index (χ0) is 21.7. The second-order valence-electron chi connectivity index (χ2n) is 6.46. The Hall–Kier alpha value is -3.13. The van der Waals surface area contributed by atoms with Gasteiger partial charge in [-0.1, -0.05) is 24.6 Å². The molecule has 0 unspecified atom stereocenters. The molecule has 1 amide bonds. The van der Waals surface area contributed by atoms with Gasteiger partial charge in [0, 0.05) is 18.5 Å². The maximum atomic E-state index is 13.8. The molecule has 1 N–H and O–H groups in total. The molecule has 3 aromatic rings. The van der Waals surface area contributed by atoms with Crippen molar-refractivity contribution in [2.24, 2.45) is 0 Å². The van der Waals surface area contributed by atoms with Gasteiger partial charge < -0.3 is 14.8 Å². The number of nitrogens with one attached hydrogen (secondary N) is 1. The molecule has 9 heteroatoms. The summed E-state index contributed by atoms with van der Waals surface area (Å²) in [6.45, 7) is 2.23. The lowest BCUT2D eigenvalue weighted by Crippen LogP contribution is -2.28. The van der Waals surface area contributed by atoms with Crippen LogP contribution < -0.4 is 14.8 Å². The SMILES string of the molecule is CCc1nc(-c2ccc(Cl)c(F)c2)nn1CC(=O)NCc1ccc(OC)c(OC)c1. The third-order valence-electron chi connectivity index (χ3n) is 4.47. The fourth-order valence-electron chi connectivity index (χ4n) is 2.90. The van der Waals surface area contributed by atoms with Gasteiger partial charge in [-0.2, -0.15) is 5.10 Å². The number of amides is 1. The third kappa shape index (κ3) is 4.88. The average Bonchev–Trinajstić information content (AvgIpc) is 3.16. The van der Waals surface area contributed by atoms with Gasteiger partial charge in [-0.15, -0.1) is 0 Å². The Morgan fingerprint density at radius 1 is 1.17 bits per heavy atom. The van der Waals surface area contributed by atoms with Crippen molar-refractivity contribution in [1.29, 1.82) is 0 Å². The molecule has 0 atom stereocenters. The van der Waals surface area contributed by atoms with E-state index in [4.69, 9.17) is 21.1 Å². The summed E-state index contributed by atoms with van der Waals surface area (Å²) < 4.78 is 25.8. The van der Waals surface area contributed by atoms with Crippen LogP contribution in [0.5, 0.6) is 11.5 Å². The van der Waals surface area contributed by atoms with Gasteiger partial charge in [-0.25, -0.2) is 14.1 Å². The molecule has 1 aromatic heterocycles. The van der Waals surface area contributed by atoms with Gasteiger partial charge in [0.25, 0.3) is 0 Å². The highest BCUT2D eigenvalue weighted by Gasteiger charge is 2.15. The highest BCUT2D eigenvalue weighted by atomic mass is 35.5. The summed E-state index contributed by atoms with van der Waals surface area (Å²) in [6.07, 6.45) is 0.575. The lowest BCUT2D eigenvalue weighted by atomic mass is 10.2. The van der Waals surface area contributed by atoms with Crippen LogP contribution in [0.4, 0.5) is 4.39 Å². The van der Waals surface area contributed by atoms with Crippen molar-refractivity contribution in [3.05, 3.63) is 58.6 Å². The van der Waals surface area contributed by atoms with E-state index in [1.165, 1.54) is 16.8 Å². The number of ether oxygens (including phenoxy) is 2. The van der Waals surface area contributed by atoms with E-state index in [1.807, 2.05) is 13.0 Å². The number of aromatic nitrogens is 3. The molecular formula is C21H22ClFN4O3. The van der Waals surface area contributed by atoms with E-state index >= 15 is 0 Å². The first-order chi connectivity index (χ1) is 14.4. The molecule has 0 fully saturated rings. The number of rotatable bonds is 8. The van der Waals surface area contributed by atoms with Gasteiger partial charge in [0.1, 0.15) is 18.2 Å². The van der Waals surface area contributed by atoms with Crippen molar-refractivity contribution in [3.63, 3.8) is 0 Å². The lowest BCUT2D eigenvalue weighted by molar-refractivity contribution is -0.122. The summed E-state index contributed by atoms with van der Waals surface area (Å²) >= 11 is 5.73. The van der Waals surface area contributed by atoms with Crippen molar-refractivity contribution >= 4 is 17.5 Å². The number of carbonyl (C=O) groups is 1. The summed E-state index contributed by atoms with van der Waals surface area (Å²) in [5.41, 5.74) is 1.36. The van der Waals surface area contributed by atoms with Crippen LogP contribution in [-0.2, 0) is 24.3 Å². The van der Waals surface area contributed by atoms with E-state index < -0.39 is 5.82 Å². The fourth-order valence-corrected chi connectivity index (χ4v) is 3.02. The van der Waals surface area contributed by atoms with E-state index in [2.05, 4.69) is 15.4 Å². The van der Waals surface area contributed by atoms with Crippen molar-refractivity contribution in [2.75, 3.05) is 14.2 Å². The molecule has 0 aliphatic carbocycles. The minimum atomic E-state index is -0.545. The zero-order valence-corrected chi connectivity index (χ0v) is 17.7. The predicted octanol–water partition coefficient (Wildman–Crippen LogP) is 3.63. The molecule has 30 heavy (non-hydrogen) atoms. The highest BCUT2D eigenvalue weighted by Crippen LogP contribution is 2.27. The molecule has 158 valence electrons. The van der Waals surface area contributed by atoms with Crippen LogP contribution >= 0.6 is 11.6 Å². The summed E-state index contributed by atoms with van der Waals surface area (Å²) in [4.78, 5) is 16.9. The number of carbonyl (C=O) groups excluding carboxylic acids is 1. The first-order valence-corrected chi connectivity index (χ1v) is 9.69. The maximum Gasteiger partial charge on any atom is 0.242 e. The summed E-state index contributed by atoms with van der Waals surface area (Å²) in [5.74, 6) is 1.41. The Balaban J connectivity index is 1.69. The van der Waals surface area contributed by atoms with Crippen molar-refractivity contribution in [2.45, 2.75) is 26.4 Å². The molecule has 2 aromatic carbocycles. The predicted molar refractivity (Wildman–Crippen MR) is 111 cm³/mol. The first kappa shape index (κ1) is 21.6. The molecule has 0 saturated carbocycles. The van der Waals surface area contributed by atoms with Crippen molar-refractivity contribution in [1.82, 2.24) is 20.1 Å². The molecule has 0 radical (unpaired) electrons. The van der Waals surface area contributed by atoms with Crippen molar-refractivity contribution in [3.8, 4) is 22.9 Å². The molecule has 0 saturated heterocycles. The zero-order valence-electron chi connectivity index (χ0n) is 16.9. The minimum Gasteiger partial charge on any atom is -0.493 e.